The van der Waals surface area contributed by atoms with Gasteiger partial charge in [0, 0.05) is 16.8 Å². The van der Waals surface area contributed by atoms with E-state index in [0.29, 0.717) is 34.5 Å². The van der Waals surface area contributed by atoms with Crippen LogP contribution in [0.1, 0.15) is 21.5 Å². The quantitative estimate of drug-likeness (QED) is 0.350. The lowest BCUT2D eigenvalue weighted by Crippen LogP contribution is -2.13. The molecule has 5 nitrogen and oxygen atoms in total. The van der Waals surface area contributed by atoms with Gasteiger partial charge in [-0.1, -0.05) is 47.5 Å². The number of halogens is 3. The molecule has 0 spiro atoms. The van der Waals surface area contributed by atoms with Crippen molar-refractivity contribution in [2.75, 3.05) is 5.32 Å². The normalized spacial score (nSPS) is 10.7. The summed E-state index contributed by atoms with van der Waals surface area (Å²) in [6.45, 7) is 0.765. The van der Waals surface area contributed by atoms with Crippen molar-refractivity contribution in [2.24, 2.45) is 0 Å². The van der Waals surface area contributed by atoms with Crippen molar-refractivity contribution in [3.05, 3.63) is 112 Å². The molecule has 0 fully saturated rings. The molecule has 32 heavy (non-hydrogen) atoms. The highest BCUT2D eigenvalue weighted by Gasteiger charge is 2.13. The zero-order valence-corrected chi connectivity index (χ0v) is 18.3. The standard InChI is InChI=1S/C24H18Cl2FN3O2/c25-19-7-11-21(12-8-19)32-15-17-1-5-18(6-2-17)24(31)28-23-22(26)14-30(29-23)13-16-3-9-20(27)10-4-16/h1-12,14H,13,15H2,(H,28,29,31). The Morgan fingerprint density at radius 2 is 1.59 bits per heavy atom. The van der Waals surface area contributed by atoms with Gasteiger partial charge >= 0.3 is 0 Å². The number of hydrogen-bond acceptors (Lipinski definition) is 3. The predicted octanol–water partition coefficient (Wildman–Crippen LogP) is 6.21. The molecule has 0 aliphatic carbocycles. The van der Waals surface area contributed by atoms with Gasteiger partial charge in [0.05, 0.1) is 6.54 Å². The minimum absolute atomic E-state index is 0.258. The lowest BCUT2D eigenvalue weighted by atomic mass is 10.1. The van der Waals surface area contributed by atoms with Gasteiger partial charge in [0.25, 0.3) is 5.91 Å². The summed E-state index contributed by atoms with van der Waals surface area (Å²) in [5.41, 5.74) is 2.24. The van der Waals surface area contributed by atoms with Crippen LogP contribution in [-0.2, 0) is 13.2 Å². The highest BCUT2D eigenvalue weighted by molar-refractivity contribution is 6.33. The highest BCUT2D eigenvalue weighted by Crippen LogP contribution is 2.21. The Hall–Kier alpha value is -3.35. The topological polar surface area (TPSA) is 56.2 Å². The number of rotatable bonds is 7. The third kappa shape index (κ3) is 5.66. The van der Waals surface area contributed by atoms with Gasteiger partial charge < -0.3 is 10.1 Å². The fourth-order valence-electron chi connectivity index (χ4n) is 2.97. The summed E-state index contributed by atoms with van der Waals surface area (Å²) in [6.07, 6.45) is 1.61. The Morgan fingerprint density at radius 1 is 0.938 bits per heavy atom. The molecule has 1 N–H and O–H groups in total. The van der Waals surface area contributed by atoms with Crippen LogP contribution in [0.3, 0.4) is 0 Å². The van der Waals surface area contributed by atoms with E-state index in [-0.39, 0.29) is 17.5 Å². The van der Waals surface area contributed by atoms with E-state index in [1.807, 2.05) is 12.1 Å². The third-order valence-electron chi connectivity index (χ3n) is 4.64. The molecule has 0 saturated carbocycles. The lowest BCUT2D eigenvalue weighted by Gasteiger charge is -2.07. The summed E-state index contributed by atoms with van der Waals surface area (Å²) >= 11 is 12.1. The number of anilines is 1. The first-order valence-corrected chi connectivity index (χ1v) is 10.5. The molecule has 1 heterocycles. The highest BCUT2D eigenvalue weighted by atomic mass is 35.5. The minimum Gasteiger partial charge on any atom is -0.489 e. The number of nitrogens with one attached hydrogen (secondary N) is 1. The monoisotopic (exact) mass is 469 g/mol. The molecular formula is C24H18Cl2FN3O2. The van der Waals surface area contributed by atoms with Gasteiger partial charge in [0.1, 0.15) is 23.2 Å². The van der Waals surface area contributed by atoms with Crippen molar-refractivity contribution >= 4 is 34.9 Å². The molecule has 0 aliphatic rings. The summed E-state index contributed by atoms with van der Waals surface area (Å²) < 4.78 is 20.3. The fraction of sp³-hybridized carbons (Fsp3) is 0.0833. The average molecular weight is 470 g/mol. The van der Waals surface area contributed by atoms with Gasteiger partial charge in [-0.15, -0.1) is 0 Å². The first kappa shape index (κ1) is 21.9. The van der Waals surface area contributed by atoms with Crippen molar-refractivity contribution in [3.63, 3.8) is 0 Å². The molecule has 0 saturated heterocycles. The van der Waals surface area contributed by atoms with Crippen molar-refractivity contribution < 1.29 is 13.9 Å². The first-order chi connectivity index (χ1) is 15.5. The van der Waals surface area contributed by atoms with E-state index in [4.69, 9.17) is 27.9 Å². The van der Waals surface area contributed by atoms with Crippen LogP contribution in [0.4, 0.5) is 10.2 Å². The van der Waals surface area contributed by atoms with Crippen LogP contribution in [0.5, 0.6) is 5.75 Å². The number of carbonyl (C=O) groups is 1. The Balaban J connectivity index is 1.35. The molecule has 0 aliphatic heterocycles. The maximum atomic E-state index is 13.1. The molecular weight excluding hydrogens is 452 g/mol. The fourth-order valence-corrected chi connectivity index (χ4v) is 3.29. The molecule has 1 amide bonds. The Bertz CT molecular complexity index is 1210. The lowest BCUT2D eigenvalue weighted by molar-refractivity contribution is 0.102. The summed E-state index contributed by atoms with van der Waals surface area (Å²) in [6, 6.07) is 20.3. The molecule has 4 aromatic rings. The van der Waals surface area contributed by atoms with E-state index in [2.05, 4.69) is 10.4 Å². The van der Waals surface area contributed by atoms with Gasteiger partial charge in [0.2, 0.25) is 0 Å². The number of ether oxygens (including phenoxy) is 1. The minimum atomic E-state index is -0.330. The predicted molar refractivity (Wildman–Crippen MR) is 123 cm³/mol. The van der Waals surface area contributed by atoms with Gasteiger partial charge in [-0.2, -0.15) is 5.10 Å². The summed E-state index contributed by atoms with van der Waals surface area (Å²) in [4.78, 5) is 12.6. The number of amides is 1. The van der Waals surface area contributed by atoms with E-state index in [0.717, 1.165) is 11.1 Å². The summed E-state index contributed by atoms with van der Waals surface area (Å²) in [5, 5.41) is 7.99. The number of hydrogen-bond donors (Lipinski definition) is 1. The van der Waals surface area contributed by atoms with E-state index in [1.165, 1.54) is 12.1 Å². The maximum absolute atomic E-state index is 13.1. The van der Waals surface area contributed by atoms with E-state index in [9.17, 15) is 9.18 Å². The smallest absolute Gasteiger partial charge is 0.256 e. The van der Waals surface area contributed by atoms with Gasteiger partial charge in [-0.3, -0.25) is 9.48 Å². The molecule has 0 unspecified atom stereocenters. The molecule has 0 bridgehead atoms. The molecule has 8 heteroatoms. The molecule has 4 rings (SSSR count). The number of benzene rings is 3. The van der Waals surface area contributed by atoms with E-state index < -0.39 is 0 Å². The van der Waals surface area contributed by atoms with Crippen molar-refractivity contribution in [3.8, 4) is 5.75 Å². The van der Waals surface area contributed by atoms with Crippen molar-refractivity contribution in [1.29, 1.82) is 0 Å². The van der Waals surface area contributed by atoms with Crippen LogP contribution in [0.15, 0.2) is 79.0 Å². The van der Waals surface area contributed by atoms with Crippen LogP contribution in [-0.4, -0.2) is 15.7 Å². The molecule has 0 atom stereocenters. The second-order valence-corrected chi connectivity index (χ2v) is 7.89. The first-order valence-electron chi connectivity index (χ1n) is 9.72. The Kier molecular flexibility index (Phi) is 6.73. The second kappa shape index (κ2) is 9.85. The zero-order valence-electron chi connectivity index (χ0n) is 16.8. The van der Waals surface area contributed by atoms with Crippen LogP contribution in [0.25, 0.3) is 0 Å². The zero-order chi connectivity index (χ0) is 22.5. The van der Waals surface area contributed by atoms with Crippen molar-refractivity contribution in [2.45, 2.75) is 13.2 Å². The van der Waals surface area contributed by atoms with Gasteiger partial charge in [0.15, 0.2) is 5.82 Å². The maximum Gasteiger partial charge on any atom is 0.256 e. The average Bonchev–Trinajstić information content (AvgIpc) is 3.13. The molecule has 3 aromatic carbocycles. The van der Waals surface area contributed by atoms with Crippen LogP contribution in [0.2, 0.25) is 10.0 Å². The molecule has 1 aromatic heterocycles. The van der Waals surface area contributed by atoms with Gasteiger partial charge in [-0.05, 0) is 59.7 Å². The third-order valence-corrected chi connectivity index (χ3v) is 5.17. The Labute approximate surface area is 194 Å². The molecule has 162 valence electrons. The van der Waals surface area contributed by atoms with Crippen LogP contribution in [0, 0.1) is 5.82 Å². The van der Waals surface area contributed by atoms with Crippen LogP contribution >= 0.6 is 23.2 Å². The van der Waals surface area contributed by atoms with Crippen LogP contribution < -0.4 is 10.1 Å². The largest absolute Gasteiger partial charge is 0.489 e. The molecule has 0 radical (unpaired) electrons. The summed E-state index contributed by atoms with van der Waals surface area (Å²) in [5.74, 6) is 0.336. The number of nitrogens with zero attached hydrogens (tertiary/aromatic N) is 2. The Morgan fingerprint density at radius 3 is 2.28 bits per heavy atom. The second-order valence-electron chi connectivity index (χ2n) is 7.04. The van der Waals surface area contributed by atoms with E-state index in [1.54, 1.807) is 59.4 Å². The van der Waals surface area contributed by atoms with E-state index >= 15 is 0 Å². The number of carbonyl (C=O) groups excluding carboxylic acids is 1. The van der Waals surface area contributed by atoms with Crippen molar-refractivity contribution in [1.82, 2.24) is 9.78 Å². The summed E-state index contributed by atoms with van der Waals surface area (Å²) in [7, 11) is 0. The number of aromatic nitrogens is 2. The SMILES string of the molecule is O=C(Nc1nn(Cc2ccc(F)cc2)cc1Cl)c1ccc(COc2ccc(Cl)cc2)cc1. The van der Waals surface area contributed by atoms with Gasteiger partial charge in [-0.25, -0.2) is 4.39 Å².